The van der Waals surface area contributed by atoms with Crippen molar-refractivity contribution in [2.75, 3.05) is 0 Å². The molecule has 0 atom stereocenters. The quantitative estimate of drug-likeness (QED) is 0.599. The van der Waals surface area contributed by atoms with E-state index in [0.717, 1.165) is 6.42 Å². The molecule has 0 aromatic rings. The maximum Gasteiger partial charge on any atom is 0.311 e. The summed E-state index contributed by atoms with van der Waals surface area (Å²) in [6.45, 7) is 11.5. The van der Waals surface area contributed by atoms with E-state index in [2.05, 4.69) is 0 Å². The largest absolute Gasteiger partial charge is 0.459 e. The second-order valence-corrected chi connectivity index (χ2v) is 4.75. The van der Waals surface area contributed by atoms with Gasteiger partial charge in [0.05, 0.1) is 5.41 Å². The Kier molecular flexibility index (Phi) is 3.31. The fraction of sp³-hybridized carbons (Fsp3) is 0.900. The molecule has 0 radical (unpaired) electrons. The van der Waals surface area contributed by atoms with Crippen LogP contribution in [-0.4, -0.2) is 11.6 Å². The molecular weight excluding hydrogens is 152 g/mol. The van der Waals surface area contributed by atoms with Crippen molar-refractivity contribution in [2.45, 2.75) is 53.6 Å². The van der Waals surface area contributed by atoms with Gasteiger partial charge in [0, 0.05) is 0 Å². The first-order valence-electron chi connectivity index (χ1n) is 4.42. The van der Waals surface area contributed by atoms with Crippen molar-refractivity contribution in [1.82, 2.24) is 0 Å². The Hall–Kier alpha value is -0.530. The lowest BCUT2D eigenvalue weighted by molar-refractivity contribution is -0.166. The Morgan fingerprint density at radius 3 is 1.83 bits per heavy atom. The Morgan fingerprint density at radius 1 is 1.17 bits per heavy atom. The van der Waals surface area contributed by atoms with E-state index in [0.29, 0.717) is 0 Å². The van der Waals surface area contributed by atoms with Crippen LogP contribution in [0, 0.1) is 5.41 Å². The van der Waals surface area contributed by atoms with Gasteiger partial charge in [-0.2, -0.15) is 0 Å². The third-order valence-corrected chi connectivity index (χ3v) is 1.83. The normalized spacial score (nSPS) is 12.8. The van der Waals surface area contributed by atoms with E-state index in [4.69, 9.17) is 4.74 Å². The van der Waals surface area contributed by atoms with Crippen LogP contribution in [0.25, 0.3) is 0 Å². The molecule has 2 heteroatoms. The number of hydrogen-bond donors (Lipinski definition) is 0. The van der Waals surface area contributed by atoms with Crippen LogP contribution < -0.4 is 0 Å². The summed E-state index contributed by atoms with van der Waals surface area (Å²) < 4.78 is 5.31. The van der Waals surface area contributed by atoms with Gasteiger partial charge in [0.15, 0.2) is 0 Å². The summed E-state index contributed by atoms with van der Waals surface area (Å²) in [6, 6.07) is 0. The molecule has 0 unspecified atom stereocenters. The monoisotopic (exact) mass is 172 g/mol. The van der Waals surface area contributed by atoms with Crippen molar-refractivity contribution in [3.05, 3.63) is 0 Å². The molecule has 0 spiro atoms. The SMILES string of the molecule is CCC(C)(C)OC(=O)C(C)(C)C. The molecule has 72 valence electrons. The number of rotatable bonds is 2. The third kappa shape index (κ3) is 3.74. The van der Waals surface area contributed by atoms with Crippen LogP contribution in [0.2, 0.25) is 0 Å². The average molecular weight is 172 g/mol. The summed E-state index contributed by atoms with van der Waals surface area (Å²) >= 11 is 0. The van der Waals surface area contributed by atoms with Gasteiger partial charge in [-0.3, -0.25) is 4.79 Å². The van der Waals surface area contributed by atoms with Crippen LogP contribution >= 0.6 is 0 Å². The van der Waals surface area contributed by atoms with E-state index in [-0.39, 0.29) is 11.6 Å². The molecule has 0 fully saturated rings. The van der Waals surface area contributed by atoms with Crippen LogP contribution in [0.3, 0.4) is 0 Å². The molecule has 12 heavy (non-hydrogen) atoms. The Labute approximate surface area is 75.3 Å². The Bertz CT molecular complexity index is 163. The van der Waals surface area contributed by atoms with Crippen molar-refractivity contribution in [2.24, 2.45) is 5.41 Å². The summed E-state index contributed by atoms with van der Waals surface area (Å²) in [5.41, 5.74) is -0.725. The topological polar surface area (TPSA) is 26.3 Å². The molecule has 0 saturated heterocycles. The van der Waals surface area contributed by atoms with Crippen LogP contribution in [0.5, 0.6) is 0 Å². The molecule has 0 aliphatic carbocycles. The molecule has 0 saturated carbocycles. The third-order valence-electron chi connectivity index (χ3n) is 1.83. The lowest BCUT2D eigenvalue weighted by atomic mass is 9.96. The number of ether oxygens (including phenoxy) is 1. The number of carbonyl (C=O) groups excluding carboxylic acids is 1. The molecule has 0 aliphatic rings. The minimum atomic E-state index is -0.396. The van der Waals surface area contributed by atoms with Gasteiger partial charge in [0.2, 0.25) is 0 Å². The lowest BCUT2D eigenvalue weighted by Gasteiger charge is -2.27. The van der Waals surface area contributed by atoms with Crippen LogP contribution in [-0.2, 0) is 9.53 Å². The maximum atomic E-state index is 11.4. The van der Waals surface area contributed by atoms with Gasteiger partial charge in [0.25, 0.3) is 0 Å². The van der Waals surface area contributed by atoms with Gasteiger partial charge in [0.1, 0.15) is 5.60 Å². The van der Waals surface area contributed by atoms with Gasteiger partial charge in [-0.15, -0.1) is 0 Å². The highest BCUT2D eigenvalue weighted by Crippen LogP contribution is 2.22. The molecule has 0 aromatic heterocycles. The lowest BCUT2D eigenvalue weighted by Crippen LogP contribution is -2.33. The van der Waals surface area contributed by atoms with Crippen LogP contribution in [0.4, 0.5) is 0 Å². The van der Waals surface area contributed by atoms with Gasteiger partial charge in [-0.1, -0.05) is 6.92 Å². The van der Waals surface area contributed by atoms with Crippen molar-refractivity contribution in [1.29, 1.82) is 0 Å². The molecule has 0 rings (SSSR count). The second kappa shape index (κ2) is 3.46. The van der Waals surface area contributed by atoms with Crippen LogP contribution in [0.1, 0.15) is 48.0 Å². The summed E-state index contributed by atoms with van der Waals surface area (Å²) in [6.07, 6.45) is 0.842. The molecular formula is C10H20O2. The highest BCUT2D eigenvalue weighted by Gasteiger charge is 2.29. The zero-order valence-electron chi connectivity index (χ0n) is 9.02. The summed E-state index contributed by atoms with van der Waals surface area (Å²) in [5, 5.41) is 0. The summed E-state index contributed by atoms with van der Waals surface area (Å²) in [7, 11) is 0. The number of hydrogen-bond acceptors (Lipinski definition) is 2. The van der Waals surface area contributed by atoms with E-state index >= 15 is 0 Å². The molecule has 2 nitrogen and oxygen atoms in total. The van der Waals surface area contributed by atoms with Gasteiger partial charge >= 0.3 is 5.97 Å². The van der Waals surface area contributed by atoms with E-state index in [1.807, 2.05) is 41.5 Å². The smallest absolute Gasteiger partial charge is 0.311 e. The Balaban J connectivity index is 4.20. The van der Waals surface area contributed by atoms with E-state index in [1.165, 1.54) is 0 Å². The summed E-state index contributed by atoms with van der Waals surface area (Å²) in [4.78, 5) is 11.4. The van der Waals surface area contributed by atoms with Crippen molar-refractivity contribution >= 4 is 5.97 Å². The van der Waals surface area contributed by atoms with Crippen molar-refractivity contribution in [3.63, 3.8) is 0 Å². The maximum absolute atomic E-state index is 11.4. The van der Waals surface area contributed by atoms with E-state index in [9.17, 15) is 4.79 Å². The molecule has 0 aliphatic heterocycles. The standard InChI is InChI=1S/C10H20O2/c1-7-10(5,6)12-8(11)9(2,3)4/h7H2,1-6H3. The van der Waals surface area contributed by atoms with Crippen molar-refractivity contribution < 1.29 is 9.53 Å². The molecule has 0 aromatic carbocycles. The highest BCUT2D eigenvalue weighted by atomic mass is 16.6. The van der Waals surface area contributed by atoms with E-state index < -0.39 is 5.41 Å². The Morgan fingerprint density at radius 2 is 1.58 bits per heavy atom. The molecule has 0 bridgehead atoms. The fourth-order valence-electron chi connectivity index (χ4n) is 0.476. The van der Waals surface area contributed by atoms with E-state index in [1.54, 1.807) is 0 Å². The minimum absolute atomic E-state index is 0.130. The first kappa shape index (κ1) is 11.5. The predicted molar refractivity (Wildman–Crippen MR) is 49.9 cm³/mol. The molecule has 0 N–H and O–H groups in total. The minimum Gasteiger partial charge on any atom is -0.459 e. The zero-order valence-corrected chi connectivity index (χ0v) is 9.02. The average Bonchev–Trinajstić information content (AvgIpc) is 1.85. The number of carbonyl (C=O) groups is 1. The zero-order chi connectivity index (χ0) is 9.99. The number of esters is 1. The molecule has 0 heterocycles. The first-order chi connectivity index (χ1) is 5.19. The second-order valence-electron chi connectivity index (χ2n) is 4.75. The highest BCUT2D eigenvalue weighted by molar-refractivity contribution is 5.75. The first-order valence-corrected chi connectivity index (χ1v) is 4.42. The summed E-state index contributed by atoms with van der Waals surface area (Å²) in [5.74, 6) is -0.130. The van der Waals surface area contributed by atoms with Gasteiger partial charge in [-0.05, 0) is 41.0 Å². The van der Waals surface area contributed by atoms with Gasteiger partial charge in [-0.25, -0.2) is 0 Å². The van der Waals surface area contributed by atoms with Gasteiger partial charge < -0.3 is 4.74 Å². The predicted octanol–water partition coefficient (Wildman–Crippen LogP) is 2.76. The van der Waals surface area contributed by atoms with Crippen molar-refractivity contribution in [3.8, 4) is 0 Å². The fourth-order valence-corrected chi connectivity index (χ4v) is 0.476. The molecule has 0 amide bonds. The van der Waals surface area contributed by atoms with Crippen LogP contribution in [0.15, 0.2) is 0 Å².